The highest BCUT2D eigenvalue weighted by molar-refractivity contribution is 6.31. The van der Waals surface area contributed by atoms with Crippen molar-refractivity contribution in [2.45, 2.75) is 27.2 Å². The zero-order valence-electron chi connectivity index (χ0n) is 21.7. The summed E-state index contributed by atoms with van der Waals surface area (Å²) in [6.45, 7) is 9.78. The van der Waals surface area contributed by atoms with Crippen LogP contribution in [-0.4, -0.2) is 49.4 Å². The minimum Gasteiger partial charge on any atom is -0.483 e. The molecule has 38 heavy (non-hydrogen) atoms. The summed E-state index contributed by atoms with van der Waals surface area (Å²) < 4.78 is 32.9. The number of nitrogens with zero attached hydrogens (tertiary/aromatic N) is 1. The molecule has 3 aromatic carbocycles. The number of hydrogen-bond donors (Lipinski definition) is 2. The number of anilines is 2. The van der Waals surface area contributed by atoms with Gasteiger partial charge in [-0.25, -0.2) is 8.78 Å². The fourth-order valence-corrected chi connectivity index (χ4v) is 4.14. The molecular weight excluding hydrogens is 512 g/mol. The number of ether oxygens (including phenoxy) is 1. The fraction of sp³-hybridized carbons (Fsp3) is 0.310. The smallest absolute Gasteiger partial charge is 0.262 e. The van der Waals surface area contributed by atoms with Crippen molar-refractivity contribution < 1.29 is 23.1 Å². The quantitative estimate of drug-likeness (QED) is 0.195. The molecular formula is C29H32ClF2N3O3. The number of ketones is 1. The van der Waals surface area contributed by atoms with Crippen LogP contribution in [0, 0.1) is 18.6 Å². The molecule has 0 unspecified atom stereocenters. The predicted octanol–water partition coefficient (Wildman–Crippen LogP) is 6.32. The highest BCUT2D eigenvalue weighted by atomic mass is 35.5. The third kappa shape index (κ3) is 8.26. The number of hydrogen-bond acceptors (Lipinski definition) is 5. The Kier molecular flexibility index (Phi) is 10.6. The van der Waals surface area contributed by atoms with Crippen LogP contribution in [0.5, 0.6) is 5.75 Å². The van der Waals surface area contributed by atoms with Gasteiger partial charge in [0.15, 0.2) is 12.4 Å². The van der Waals surface area contributed by atoms with Crippen LogP contribution in [0.4, 0.5) is 20.2 Å². The van der Waals surface area contributed by atoms with Gasteiger partial charge in [-0.2, -0.15) is 0 Å². The molecule has 0 aromatic heterocycles. The van der Waals surface area contributed by atoms with Crippen LogP contribution in [-0.2, 0) is 4.79 Å². The average molecular weight is 544 g/mol. The maximum absolute atomic E-state index is 13.6. The Bertz CT molecular complexity index is 1260. The number of amides is 1. The van der Waals surface area contributed by atoms with Crippen molar-refractivity contribution in [2.24, 2.45) is 0 Å². The van der Waals surface area contributed by atoms with Crippen molar-refractivity contribution in [3.8, 4) is 5.75 Å². The SMILES string of the molecule is CCN(CC)CCCNc1ccc(NC(=O)COc2ccc(Cl)cc2C(=O)c2cc(F)cc(F)c2)c(C)c1. The molecule has 0 saturated carbocycles. The summed E-state index contributed by atoms with van der Waals surface area (Å²) in [7, 11) is 0. The normalized spacial score (nSPS) is 10.9. The van der Waals surface area contributed by atoms with Crippen LogP contribution in [0.1, 0.15) is 41.8 Å². The first kappa shape index (κ1) is 29.1. The summed E-state index contributed by atoms with van der Waals surface area (Å²) in [5.41, 5.74) is 2.27. The van der Waals surface area contributed by atoms with Crippen LogP contribution in [0.3, 0.4) is 0 Å². The van der Waals surface area contributed by atoms with Gasteiger partial charge in [0.2, 0.25) is 0 Å². The Labute approximate surface area is 226 Å². The van der Waals surface area contributed by atoms with Crippen molar-refractivity contribution in [1.82, 2.24) is 4.90 Å². The monoisotopic (exact) mass is 543 g/mol. The number of benzene rings is 3. The second-order valence-electron chi connectivity index (χ2n) is 8.80. The second kappa shape index (κ2) is 13.9. The molecule has 1 amide bonds. The van der Waals surface area contributed by atoms with E-state index in [1.54, 1.807) is 0 Å². The van der Waals surface area contributed by atoms with E-state index in [4.69, 9.17) is 16.3 Å². The Morgan fingerprint density at radius 3 is 2.34 bits per heavy atom. The van der Waals surface area contributed by atoms with E-state index in [2.05, 4.69) is 29.4 Å². The summed E-state index contributed by atoms with van der Waals surface area (Å²) in [6.07, 6.45) is 1.03. The summed E-state index contributed by atoms with van der Waals surface area (Å²) in [5.74, 6) is -2.81. The van der Waals surface area contributed by atoms with E-state index in [1.165, 1.54) is 18.2 Å². The predicted molar refractivity (Wildman–Crippen MR) is 147 cm³/mol. The molecule has 202 valence electrons. The number of aryl methyl sites for hydroxylation is 1. The number of carbonyl (C=O) groups excluding carboxylic acids is 2. The van der Waals surface area contributed by atoms with Crippen molar-refractivity contribution in [1.29, 1.82) is 0 Å². The van der Waals surface area contributed by atoms with Gasteiger partial charge in [0, 0.05) is 34.6 Å². The lowest BCUT2D eigenvalue weighted by molar-refractivity contribution is -0.118. The van der Waals surface area contributed by atoms with Gasteiger partial charge in [0.05, 0.1) is 5.56 Å². The summed E-state index contributed by atoms with van der Waals surface area (Å²) in [4.78, 5) is 27.9. The summed E-state index contributed by atoms with van der Waals surface area (Å²) in [5, 5.41) is 6.44. The molecule has 0 aliphatic rings. The first-order valence-corrected chi connectivity index (χ1v) is 12.9. The topological polar surface area (TPSA) is 70.7 Å². The van der Waals surface area contributed by atoms with E-state index in [-0.39, 0.29) is 28.5 Å². The highest BCUT2D eigenvalue weighted by Crippen LogP contribution is 2.27. The Morgan fingerprint density at radius 1 is 0.974 bits per heavy atom. The summed E-state index contributed by atoms with van der Waals surface area (Å²) in [6, 6.07) is 12.5. The first-order valence-electron chi connectivity index (χ1n) is 12.5. The lowest BCUT2D eigenvalue weighted by atomic mass is 10.0. The van der Waals surface area contributed by atoms with Gasteiger partial charge < -0.3 is 20.3 Å². The van der Waals surface area contributed by atoms with Crippen LogP contribution < -0.4 is 15.4 Å². The van der Waals surface area contributed by atoms with E-state index in [0.29, 0.717) is 11.8 Å². The van der Waals surface area contributed by atoms with Gasteiger partial charge in [0.1, 0.15) is 17.4 Å². The third-order valence-electron chi connectivity index (χ3n) is 6.04. The van der Waals surface area contributed by atoms with E-state index in [1.807, 2.05) is 25.1 Å². The van der Waals surface area contributed by atoms with Gasteiger partial charge in [-0.05, 0) is 87.1 Å². The molecule has 0 aliphatic heterocycles. The van der Waals surface area contributed by atoms with Crippen LogP contribution in [0.2, 0.25) is 5.02 Å². The van der Waals surface area contributed by atoms with Gasteiger partial charge in [0.25, 0.3) is 5.91 Å². The fourth-order valence-electron chi connectivity index (χ4n) is 3.96. The largest absolute Gasteiger partial charge is 0.483 e. The lowest BCUT2D eigenvalue weighted by Crippen LogP contribution is -2.25. The molecule has 0 spiro atoms. The number of rotatable bonds is 13. The number of nitrogens with one attached hydrogen (secondary N) is 2. The standard InChI is InChI=1S/C29H32ClF2N3O3/c1-4-35(5-2)12-6-11-33-24-8-9-26(19(3)13-24)34-28(36)18-38-27-10-7-21(30)16-25(27)29(37)20-14-22(31)17-23(32)15-20/h7-10,13-17,33H,4-6,11-12,18H2,1-3H3,(H,34,36). The van der Waals surface area contributed by atoms with Gasteiger partial charge >= 0.3 is 0 Å². The van der Waals surface area contributed by atoms with Crippen molar-refractivity contribution in [3.05, 3.63) is 87.9 Å². The first-order chi connectivity index (χ1) is 18.2. The van der Waals surface area contributed by atoms with Crippen molar-refractivity contribution >= 4 is 34.7 Å². The molecule has 0 atom stereocenters. The number of carbonyl (C=O) groups is 2. The maximum Gasteiger partial charge on any atom is 0.262 e. The van der Waals surface area contributed by atoms with Gasteiger partial charge in [-0.3, -0.25) is 9.59 Å². The van der Waals surface area contributed by atoms with Crippen LogP contribution >= 0.6 is 11.6 Å². The lowest BCUT2D eigenvalue weighted by Gasteiger charge is -2.18. The molecule has 0 heterocycles. The number of halogens is 3. The van der Waals surface area contributed by atoms with E-state index >= 15 is 0 Å². The minimum absolute atomic E-state index is 0.0112. The van der Waals surface area contributed by atoms with Crippen molar-refractivity contribution in [3.63, 3.8) is 0 Å². The zero-order valence-corrected chi connectivity index (χ0v) is 22.5. The molecule has 0 bridgehead atoms. The maximum atomic E-state index is 13.6. The molecule has 0 saturated heterocycles. The second-order valence-corrected chi connectivity index (χ2v) is 9.24. The Morgan fingerprint density at radius 2 is 1.68 bits per heavy atom. The average Bonchev–Trinajstić information content (AvgIpc) is 2.88. The zero-order chi connectivity index (χ0) is 27.7. The summed E-state index contributed by atoms with van der Waals surface area (Å²) >= 11 is 6.04. The Balaban J connectivity index is 1.59. The van der Waals surface area contributed by atoms with Crippen molar-refractivity contribution in [2.75, 3.05) is 43.4 Å². The molecule has 3 aromatic rings. The van der Waals surface area contributed by atoms with Gasteiger partial charge in [-0.15, -0.1) is 0 Å². The van der Waals surface area contributed by atoms with Crippen LogP contribution in [0.25, 0.3) is 0 Å². The molecule has 0 aliphatic carbocycles. The molecule has 3 rings (SSSR count). The van der Waals surface area contributed by atoms with E-state index in [9.17, 15) is 18.4 Å². The minimum atomic E-state index is -0.881. The Hall–Kier alpha value is -3.49. The molecule has 9 heteroatoms. The molecule has 0 radical (unpaired) electrons. The molecule has 6 nitrogen and oxygen atoms in total. The highest BCUT2D eigenvalue weighted by Gasteiger charge is 2.18. The van der Waals surface area contributed by atoms with Crippen LogP contribution in [0.15, 0.2) is 54.6 Å². The van der Waals surface area contributed by atoms with E-state index < -0.39 is 23.3 Å². The molecule has 0 fully saturated rings. The molecule has 2 N–H and O–H groups in total. The van der Waals surface area contributed by atoms with Gasteiger partial charge in [-0.1, -0.05) is 25.4 Å². The third-order valence-corrected chi connectivity index (χ3v) is 6.28. The van der Waals surface area contributed by atoms with E-state index in [0.717, 1.165) is 56.0 Å².